The first-order chi connectivity index (χ1) is 17.3. The zero-order valence-electron chi connectivity index (χ0n) is 21.6. The van der Waals surface area contributed by atoms with Gasteiger partial charge in [-0.05, 0) is 69.1 Å². The van der Waals surface area contributed by atoms with Crippen LogP contribution in [0.5, 0.6) is 5.88 Å². The van der Waals surface area contributed by atoms with Gasteiger partial charge in [0.05, 0.1) is 17.9 Å². The Bertz CT molecular complexity index is 1150. The lowest BCUT2D eigenvalue weighted by molar-refractivity contribution is 0.102. The number of carbonyl (C=O) groups excluding carboxylic acids is 1. The van der Waals surface area contributed by atoms with Crippen molar-refractivity contribution >= 4 is 17.6 Å². The number of ether oxygens (including phenoxy) is 1. The number of nitrogens with zero attached hydrogens (tertiary/aromatic N) is 4. The molecule has 2 N–H and O–H groups in total. The van der Waals surface area contributed by atoms with Crippen LogP contribution in [0.25, 0.3) is 0 Å². The normalized spacial score (nSPS) is 15.0. The molecule has 0 radical (unpaired) electrons. The van der Waals surface area contributed by atoms with Gasteiger partial charge in [0.25, 0.3) is 5.91 Å². The Morgan fingerprint density at radius 1 is 1.17 bits per heavy atom. The number of aromatic nitrogens is 3. The average Bonchev–Trinajstić information content (AvgIpc) is 3.34. The standard InChI is InChI=1S/C27H36N6O3/c1-27(2,3)22-17-24(36-32-22)31-26(34)21-6-5-11-29-25(21)30-18-20-7-12-28-23(16-20)35-15-10-19-8-13-33(4)14-9-19/h5-7,11-12,16-17,19H,8-10,13-15,18H2,1-4H3,(H,29,30)(H,31,34). The number of carbonyl (C=O) groups is 1. The molecule has 0 bridgehead atoms. The first-order valence-electron chi connectivity index (χ1n) is 12.5. The lowest BCUT2D eigenvalue weighted by atomic mass is 9.92. The van der Waals surface area contributed by atoms with E-state index in [0.717, 1.165) is 36.7 Å². The molecular weight excluding hydrogens is 456 g/mol. The zero-order chi connectivity index (χ0) is 25.5. The molecule has 0 aliphatic carbocycles. The summed E-state index contributed by atoms with van der Waals surface area (Å²) in [5, 5.41) is 10.1. The Labute approximate surface area is 212 Å². The van der Waals surface area contributed by atoms with Gasteiger partial charge in [0.1, 0.15) is 5.82 Å². The quantitative estimate of drug-likeness (QED) is 0.441. The number of hydrogen-bond acceptors (Lipinski definition) is 8. The third-order valence-electron chi connectivity index (χ3n) is 6.44. The van der Waals surface area contributed by atoms with Crippen molar-refractivity contribution in [3.8, 4) is 5.88 Å². The highest BCUT2D eigenvalue weighted by atomic mass is 16.5. The Hall–Kier alpha value is -3.46. The molecule has 1 amide bonds. The highest BCUT2D eigenvalue weighted by molar-refractivity contribution is 6.06. The summed E-state index contributed by atoms with van der Waals surface area (Å²) in [5.74, 6) is 1.79. The second-order valence-electron chi connectivity index (χ2n) is 10.4. The summed E-state index contributed by atoms with van der Waals surface area (Å²) >= 11 is 0. The number of amides is 1. The monoisotopic (exact) mass is 492 g/mol. The van der Waals surface area contributed by atoms with Gasteiger partial charge in [-0.25, -0.2) is 9.97 Å². The van der Waals surface area contributed by atoms with Crippen molar-refractivity contribution in [1.82, 2.24) is 20.0 Å². The summed E-state index contributed by atoms with van der Waals surface area (Å²) < 4.78 is 11.2. The second kappa shape index (κ2) is 11.5. The van der Waals surface area contributed by atoms with Crippen molar-refractivity contribution in [3.05, 3.63) is 59.5 Å². The molecule has 0 atom stereocenters. The van der Waals surface area contributed by atoms with Gasteiger partial charge in [0.2, 0.25) is 11.8 Å². The number of piperidine rings is 1. The lowest BCUT2D eigenvalue weighted by Crippen LogP contribution is -2.30. The number of rotatable bonds is 9. The number of likely N-dealkylation sites (tertiary alicyclic amines) is 1. The molecule has 0 unspecified atom stereocenters. The molecule has 1 aliphatic heterocycles. The van der Waals surface area contributed by atoms with E-state index in [0.29, 0.717) is 36.3 Å². The molecule has 36 heavy (non-hydrogen) atoms. The number of pyridine rings is 2. The summed E-state index contributed by atoms with van der Waals surface area (Å²) in [6.45, 7) is 9.56. The van der Waals surface area contributed by atoms with Gasteiger partial charge in [-0.15, -0.1) is 0 Å². The van der Waals surface area contributed by atoms with E-state index in [4.69, 9.17) is 9.26 Å². The molecular formula is C27H36N6O3. The third kappa shape index (κ3) is 7.04. The predicted octanol–water partition coefficient (Wildman–Crippen LogP) is 4.74. The van der Waals surface area contributed by atoms with E-state index in [1.807, 2.05) is 32.9 Å². The van der Waals surface area contributed by atoms with Gasteiger partial charge < -0.3 is 19.5 Å². The minimum absolute atomic E-state index is 0.173. The highest BCUT2D eigenvalue weighted by Gasteiger charge is 2.21. The van der Waals surface area contributed by atoms with E-state index in [-0.39, 0.29) is 11.3 Å². The summed E-state index contributed by atoms with van der Waals surface area (Å²) in [6.07, 6.45) is 6.89. The van der Waals surface area contributed by atoms with Gasteiger partial charge in [0.15, 0.2) is 0 Å². The van der Waals surface area contributed by atoms with E-state index in [9.17, 15) is 4.79 Å². The van der Waals surface area contributed by atoms with Crippen LogP contribution in [0.1, 0.15) is 61.6 Å². The average molecular weight is 493 g/mol. The van der Waals surface area contributed by atoms with Crippen LogP contribution in [-0.4, -0.2) is 52.7 Å². The van der Waals surface area contributed by atoms with Crippen LogP contribution in [0.4, 0.5) is 11.7 Å². The molecule has 0 spiro atoms. The topological polar surface area (TPSA) is 105 Å². The van der Waals surface area contributed by atoms with E-state index in [1.165, 1.54) is 12.8 Å². The van der Waals surface area contributed by atoms with E-state index >= 15 is 0 Å². The molecule has 1 aliphatic rings. The highest BCUT2D eigenvalue weighted by Crippen LogP contribution is 2.25. The maximum atomic E-state index is 12.9. The molecule has 1 saturated heterocycles. The van der Waals surface area contributed by atoms with E-state index < -0.39 is 0 Å². The second-order valence-corrected chi connectivity index (χ2v) is 10.4. The van der Waals surface area contributed by atoms with Gasteiger partial charge in [-0.1, -0.05) is 25.9 Å². The fourth-order valence-corrected chi connectivity index (χ4v) is 4.10. The maximum absolute atomic E-state index is 12.9. The zero-order valence-corrected chi connectivity index (χ0v) is 21.6. The predicted molar refractivity (Wildman–Crippen MR) is 139 cm³/mol. The van der Waals surface area contributed by atoms with Gasteiger partial charge in [0, 0.05) is 36.5 Å². The summed E-state index contributed by atoms with van der Waals surface area (Å²) in [6, 6.07) is 9.03. The molecule has 0 aromatic carbocycles. The van der Waals surface area contributed by atoms with Crippen LogP contribution in [0, 0.1) is 5.92 Å². The Morgan fingerprint density at radius 2 is 1.97 bits per heavy atom. The van der Waals surface area contributed by atoms with Crippen molar-refractivity contribution < 1.29 is 14.1 Å². The van der Waals surface area contributed by atoms with E-state index in [2.05, 4.69) is 37.7 Å². The number of anilines is 2. The van der Waals surface area contributed by atoms with E-state index in [1.54, 1.807) is 30.6 Å². The van der Waals surface area contributed by atoms with Crippen molar-refractivity contribution in [3.63, 3.8) is 0 Å². The first kappa shape index (κ1) is 25.6. The van der Waals surface area contributed by atoms with Crippen LogP contribution < -0.4 is 15.4 Å². The molecule has 192 valence electrons. The van der Waals surface area contributed by atoms with Crippen LogP contribution >= 0.6 is 0 Å². The Morgan fingerprint density at radius 3 is 2.72 bits per heavy atom. The van der Waals surface area contributed by atoms with Crippen molar-refractivity contribution in [2.75, 3.05) is 37.4 Å². The van der Waals surface area contributed by atoms with Gasteiger partial charge in [-0.3, -0.25) is 10.1 Å². The Balaban J connectivity index is 1.32. The third-order valence-corrected chi connectivity index (χ3v) is 6.44. The summed E-state index contributed by atoms with van der Waals surface area (Å²) in [5.41, 5.74) is 1.99. The van der Waals surface area contributed by atoms with Crippen molar-refractivity contribution in [2.45, 2.75) is 52.0 Å². The molecule has 9 heteroatoms. The minimum Gasteiger partial charge on any atom is -0.478 e. The summed E-state index contributed by atoms with van der Waals surface area (Å²) in [4.78, 5) is 24.0. The van der Waals surface area contributed by atoms with Crippen LogP contribution in [0.2, 0.25) is 0 Å². The lowest BCUT2D eigenvalue weighted by Gasteiger charge is -2.28. The first-order valence-corrected chi connectivity index (χ1v) is 12.5. The number of hydrogen-bond donors (Lipinski definition) is 2. The molecule has 4 rings (SSSR count). The molecule has 4 heterocycles. The van der Waals surface area contributed by atoms with Gasteiger partial charge in [-0.2, -0.15) is 0 Å². The van der Waals surface area contributed by atoms with Crippen LogP contribution in [0.3, 0.4) is 0 Å². The molecule has 9 nitrogen and oxygen atoms in total. The fraction of sp³-hybridized carbons (Fsp3) is 0.481. The maximum Gasteiger partial charge on any atom is 0.261 e. The fourth-order valence-electron chi connectivity index (χ4n) is 4.10. The number of nitrogens with one attached hydrogen (secondary N) is 2. The Kier molecular flexibility index (Phi) is 8.20. The largest absolute Gasteiger partial charge is 0.478 e. The van der Waals surface area contributed by atoms with Crippen molar-refractivity contribution in [2.24, 2.45) is 5.92 Å². The SMILES string of the molecule is CN1CCC(CCOc2cc(CNc3ncccc3C(=O)Nc3cc(C(C)(C)C)no3)ccn2)CC1. The molecule has 3 aromatic rings. The van der Waals surface area contributed by atoms with Crippen LogP contribution in [-0.2, 0) is 12.0 Å². The van der Waals surface area contributed by atoms with Crippen LogP contribution in [0.15, 0.2) is 47.2 Å². The molecule has 3 aromatic heterocycles. The summed E-state index contributed by atoms with van der Waals surface area (Å²) in [7, 11) is 2.18. The minimum atomic E-state index is -0.324. The molecule has 0 saturated carbocycles. The smallest absolute Gasteiger partial charge is 0.261 e. The molecule has 1 fully saturated rings. The van der Waals surface area contributed by atoms with Crippen molar-refractivity contribution in [1.29, 1.82) is 0 Å². The van der Waals surface area contributed by atoms with Gasteiger partial charge >= 0.3 is 0 Å².